The molecule has 1 fully saturated rings. The first kappa shape index (κ1) is 13.9. The van der Waals surface area contributed by atoms with Gasteiger partial charge in [-0.1, -0.05) is 12.1 Å². The van der Waals surface area contributed by atoms with Gasteiger partial charge in [-0.2, -0.15) is 0 Å². The highest BCUT2D eigenvalue weighted by Gasteiger charge is 2.30. The van der Waals surface area contributed by atoms with E-state index in [1.807, 2.05) is 0 Å². The average Bonchev–Trinajstić information content (AvgIpc) is 3.00. The predicted molar refractivity (Wildman–Crippen MR) is 80.1 cm³/mol. The van der Waals surface area contributed by atoms with Crippen LogP contribution in [0.3, 0.4) is 0 Å². The molecule has 1 N–H and O–H groups in total. The van der Waals surface area contributed by atoms with Crippen LogP contribution in [0.5, 0.6) is 5.75 Å². The summed E-state index contributed by atoms with van der Waals surface area (Å²) in [6, 6.07) is 6.96. The highest BCUT2D eigenvalue weighted by atomic mass is 16.5. The first-order chi connectivity index (χ1) is 9.53. The van der Waals surface area contributed by atoms with Gasteiger partial charge in [0.15, 0.2) is 0 Å². The van der Waals surface area contributed by atoms with Gasteiger partial charge < -0.3 is 14.8 Å². The Kier molecular flexibility index (Phi) is 3.74. The molecular formula is C17H25NO2. The first-order valence-electron chi connectivity index (χ1n) is 7.69. The van der Waals surface area contributed by atoms with Gasteiger partial charge in [-0.25, -0.2) is 0 Å². The minimum absolute atomic E-state index is 0.0562. The molecule has 0 aliphatic carbocycles. The van der Waals surface area contributed by atoms with Crippen molar-refractivity contribution in [2.24, 2.45) is 0 Å². The van der Waals surface area contributed by atoms with Gasteiger partial charge in [-0.3, -0.25) is 0 Å². The van der Waals surface area contributed by atoms with Crippen molar-refractivity contribution in [3.05, 3.63) is 29.3 Å². The third kappa shape index (κ3) is 2.99. The third-order valence-corrected chi connectivity index (χ3v) is 4.28. The number of hydrogen-bond donors (Lipinski definition) is 1. The van der Waals surface area contributed by atoms with E-state index < -0.39 is 0 Å². The molecule has 3 rings (SSSR count). The molecule has 1 aromatic rings. The van der Waals surface area contributed by atoms with Crippen molar-refractivity contribution >= 4 is 0 Å². The van der Waals surface area contributed by atoms with Gasteiger partial charge in [0.1, 0.15) is 11.4 Å². The van der Waals surface area contributed by atoms with E-state index in [1.54, 1.807) is 0 Å². The fourth-order valence-corrected chi connectivity index (χ4v) is 3.18. The Balaban J connectivity index is 1.59. The molecule has 3 heteroatoms. The summed E-state index contributed by atoms with van der Waals surface area (Å²) < 4.78 is 11.6. The topological polar surface area (TPSA) is 30.5 Å². The van der Waals surface area contributed by atoms with Gasteiger partial charge in [0.2, 0.25) is 0 Å². The van der Waals surface area contributed by atoms with E-state index in [0.717, 1.165) is 25.3 Å². The Hall–Kier alpha value is -1.06. The van der Waals surface area contributed by atoms with Crippen molar-refractivity contribution in [2.45, 2.75) is 64.3 Å². The van der Waals surface area contributed by atoms with Gasteiger partial charge in [-0.15, -0.1) is 0 Å². The summed E-state index contributed by atoms with van der Waals surface area (Å²) in [5, 5.41) is 3.59. The van der Waals surface area contributed by atoms with E-state index in [2.05, 4.69) is 44.3 Å². The van der Waals surface area contributed by atoms with Crippen LogP contribution in [-0.2, 0) is 17.7 Å². The summed E-state index contributed by atoms with van der Waals surface area (Å²) in [6.07, 6.45) is 3.76. The molecule has 3 nitrogen and oxygen atoms in total. The largest absolute Gasteiger partial charge is 0.487 e. The second kappa shape index (κ2) is 5.38. The Bertz CT molecular complexity index is 478. The molecule has 2 atom stereocenters. The number of ether oxygens (including phenoxy) is 2. The third-order valence-electron chi connectivity index (χ3n) is 4.28. The predicted octanol–water partition coefficient (Wildman–Crippen LogP) is 3.06. The summed E-state index contributed by atoms with van der Waals surface area (Å²) in [5.74, 6) is 1.05. The monoisotopic (exact) mass is 275 g/mol. The number of benzene rings is 1. The quantitative estimate of drug-likeness (QED) is 0.916. The minimum Gasteiger partial charge on any atom is -0.487 e. The second-order valence-electron chi connectivity index (χ2n) is 6.70. The van der Waals surface area contributed by atoms with Crippen LogP contribution in [0.25, 0.3) is 0 Å². The van der Waals surface area contributed by atoms with Crippen LogP contribution in [0.4, 0.5) is 0 Å². The van der Waals surface area contributed by atoms with Crippen LogP contribution in [0.15, 0.2) is 18.2 Å². The van der Waals surface area contributed by atoms with E-state index in [-0.39, 0.29) is 5.60 Å². The molecular weight excluding hydrogens is 250 g/mol. The average molecular weight is 275 g/mol. The standard InChI is InChI=1S/C17H25NO2/c1-12(15-5-4-8-19-15)18-11-13-6-7-16-14(9-13)10-17(2,3)20-16/h6-7,9,12,15,18H,4-5,8,10-11H2,1-3H3. The summed E-state index contributed by atoms with van der Waals surface area (Å²) in [6.45, 7) is 8.32. The molecule has 0 amide bonds. The summed E-state index contributed by atoms with van der Waals surface area (Å²) >= 11 is 0. The zero-order valence-corrected chi connectivity index (χ0v) is 12.7. The van der Waals surface area contributed by atoms with E-state index in [4.69, 9.17) is 9.47 Å². The summed E-state index contributed by atoms with van der Waals surface area (Å²) in [5.41, 5.74) is 2.60. The summed E-state index contributed by atoms with van der Waals surface area (Å²) in [7, 11) is 0. The number of fused-ring (bicyclic) bond motifs is 1. The molecule has 2 aliphatic rings. The van der Waals surface area contributed by atoms with Crippen molar-refractivity contribution in [3.8, 4) is 5.75 Å². The molecule has 0 bridgehead atoms. The fraction of sp³-hybridized carbons (Fsp3) is 0.647. The maximum Gasteiger partial charge on any atom is 0.123 e. The molecule has 2 aliphatic heterocycles. The lowest BCUT2D eigenvalue weighted by Gasteiger charge is -2.20. The molecule has 1 aromatic carbocycles. The second-order valence-corrected chi connectivity index (χ2v) is 6.70. The number of rotatable bonds is 4. The van der Waals surface area contributed by atoms with Gasteiger partial charge in [0, 0.05) is 25.6 Å². The van der Waals surface area contributed by atoms with Crippen molar-refractivity contribution in [1.29, 1.82) is 0 Å². The lowest BCUT2D eigenvalue weighted by atomic mass is 10.00. The van der Waals surface area contributed by atoms with Crippen molar-refractivity contribution in [2.75, 3.05) is 6.61 Å². The number of nitrogens with one attached hydrogen (secondary N) is 1. The highest BCUT2D eigenvalue weighted by molar-refractivity contribution is 5.41. The minimum atomic E-state index is -0.0562. The SMILES string of the molecule is CC(NCc1ccc2c(c1)CC(C)(C)O2)C1CCCO1. The normalized spacial score (nSPS) is 25.2. The van der Waals surface area contributed by atoms with E-state index >= 15 is 0 Å². The lowest BCUT2D eigenvalue weighted by Crippen LogP contribution is -2.36. The van der Waals surface area contributed by atoms with E-state index in [9.17, 15) is 0 Å². The molecule has 1 saturated heterocycles. The van der Waals surface area contributed by atoms with Gasteiger partial charge in [-0.05, 0) is 50.8 Å². The molecule has 0 aromatic heterocycles. The van der Waals surface area contributed by atoms with Crippen LogP contribution in [0.2, 0.25) is 0 Å². The Morgan fingerprint density at radius 3 is 3.00 bits per heavy atom. The Labute approximate surface area is 121 Å². The van der Waals surface area contributed by atoms with Gasteiger partial charge >= 0.3 is 0 Å². The van der Waals surface area contributed by atoms with Crippen LogP contribution in [0.1, 0.15) is 44.7 Å². The molecule has 20 heavy (non-hydrogen) atoms. The molecule has 2 heterocycles. The van der Waals surface area contributed by atoms with E-state index in [1.165, 1.54) is 24.0 Å². The maximum atomic E-state index is 5.92. The molecule has 2 unspecified atom stereocenters. The lowest BCUT2D eigenvalue weighted by molar-refractivity contribution is 0.0832. The first-order valence-corrected chi connectivity index (χ1v) is 7.69. The van der Waals surface area contributed by atoms with Crippen molar-refractivity contribution in [3.63, 3.8) is 0 Å². The number of hydrogen-bond acceptors (Lipinski definition) is 3. The molecule has 0 spiro atoms. The van der Waals surface area contributed by atoms with Crippen molar-refractivity contribution < 1.29 is 9.47 Å². The summed E-state index contributed by atoms with van der Waals surface area (Å²) in [4.78, 5) is 0. The Morgan fingerprint density at radius 2 is 2.25 bits per heavy atom. The molecule has 110 valence electrons. The molecule has 0 saturated carbocycles. The maximum absolute atomic E-state index is 5.92. The van der Waals surface area contributed by atoms with Crippen LogP contribution < -0.4 is 10.1 Å². The zero-order valence-electron chi connectivity index (χ0n) is 12.7. The fourth-order valence-electron chi connectivity index (χ4n) is 3.18. The van der Waals surface area contributed by atoms with Crippen molar-refractivity contribution in [1.82, 2.24) is 5.32 Å². The highest BCUT2D eigenvalue weighted by Crippen LogP contribution is 2.35. The molecule has 0 radical (unpaired) electrons. The van der Waals surface area contributed by atoms with Gasteiger partial charge in [0.25, 0.3) is 0 Å². The Morgan fingerprint density at radius 1 is 1.40 bits per heavy atom. The van der Waals surface area contributed by atoms with Crippen LogP contribution in [0, 0.1) is 0 Å². The van der Waals surface area contributed by atoms with Crippen LogP contribution in [-0.4, -0.2) is 24.4 Å². The van der Waals surface area contributed by atoms with Crippen LogP contribution >= 0.6 is 0 Å². The smallest absolute Gasteiger partial charge is 0.123 e. The van der Waals surface area contributed by atoms with Gasteiger partial charge in [0.05, 0.1) is 6.10 Å². The zero-order chi connectivity index (χ0) is 14.2. The van der Waals surface area contributed by atoms with E-state index in [0.29, 0.717) is 12.1 Å².